The van der Waals surface area contributed by atoms with Crippen molar-refractivity contribution in [2.45, 2.75) is 116 Å². The van der Waals surface area contributed by atoms with Gasteiger partial charge in [-0.1, -0.05) is 102 Å². The van der Waals surface area contributed by atoms with Gasteiger partial charge in [0.05, 0.1) is 0 Å². The highest BCUT2D eigenvalue weighted by atomic mass is 16.5. The maximum Gasteiger partial charge on any atom is 0.306 e. The molecular formula is C25H42O2. The van der Waals surface area contributed by atoms with Gasteiger partial charge in [-0.05, 0) is 37.7 Å². The van der Waals surface area contributed by atoms with Crippen molar-refractivity contribution in [3.05, 3.63) is 35.9 Å². The topological polar surface area (TPSA) is 26.3 Å². The molecule has 0 aliphatic rings. The van der Waals surface area contributed by atoms with Crippen molar-refractivity contribution in [1.29, 1.82) is 0 Å². The lowest BCUT2D eigenvalue weighted by Gasteiger charge is -2.18. The highest BCUT2D eigenvalue weighted by Crippen LogP contribution is 2.17. The van der Waals surface area contributed by atoms with Crippen molar-refractivity contribution < 1.29 is 9.53 Å². The quantitative estimate of drug-likeness (QED) is 0.207. The lowest BCUT2D eigenvalue weighted by Crippen LogP contribution is -2.19. The summed E-state index contributed by atoms with van der Waals surface area (Å²) >= 11 is 0. The summed E-state index contributed by atoms with van der Waals surface area (Å²) in [5.74, 6) is -0.0257. The number of carbonyl (C=O) groups is 1. The van der Waals surface area contributed by atoms with Crippen LogP contribution in [0.5, 0.6) is 0 Å². The van der Waals surface area contributed by atoms with Gasteiger partial charge >= 0.3 is 5.97 Å². The Bertz CT molecular complexity index is 455. The fourth-order valence-corrected chi connectivity index (χ4v) is 3.53. The van der Waals surface area contributed by atoms with Crippen molar-refractivity contribution in [2.24, 2.45) is 0 Å². The largest absolute Gasteiger partial charge is 0.462 e. The average molecular weight is 375 g/mol. The third kappa shape index (κ3) is 13.5. The molecule has 0 spiro atoms. The highest BCUT2D eigenvalue weighted by Gasteiger charge is 2.14. The van der Waals surface area contributed by atoms with Crippen LogP contribution in [0.3, 0.4) is 0 Å². The monoisotopic (exact) mass is 374 g/mol. The van der Waals surface area contributed by atoms with Crippen LogP contribution in [-0.2, 0) is 16.0 Å². The summed E-state index contributed by atoms with van der Waals surface area (Å²) in [7, 11) is 0. The molecule has 0 N–H and O–H groups in total. The minimum Gasteiger partial charge on any atom is -0.462 e. The second kappa shape index (κ2) is 16.8. The Kier molecular flexibility index (Phi) is 14.8. The van der Waals surface area contributed by atoms with E-state index in [0.717, 1.165) is 19.3 Å². The van der Waals surface area contributed by atoms with Crippen LogP contribution >= 0.6 is 0 Å². The molecule has 1 aromatic rings. The van der Waals surface area contributed by atoms with Crippen LogP contribution in [0.1, 0.15) is 109 Å². The van der Waals surface area contributed by atoms with Crippen LogP contribution < -0.4 is 0 Å². The molecule has 0 amide bonds. The minimum absolute atomic E-state index is 0.0257. The molecule has 1 aromatic carbocycles. The first-order valence-corrected chi connectivity index (χ1v) is 11.5. The van der Waals surface area contributed by atoms with Gasteiger partial charge in [-0.25, -0.2) is 0 Å². The molecule has 0 saturated carbocycles. The second-order valence-electron chi connectivity index (χ2n) is 7.86. The first-order valence-electron chi connectivity index (χ1n) is 11.5. The molecular weight excluding hydrogens is 332 g/mol. The molecule has 0 aliphatic heterocycles. The van der Waals surface area contributed by atoms with Crippen LogP contribution in [0.2, 0.25) is 0 Å². The fourth-order valence-electron chi connectivity index (χ4n) is 3.53. The standard InChI is InChI=1S/C25H42O2/c1-3-5-7-9-10-11-16-20-24(19-15-8-6-4-2)27-25(26)22-21-23-17-13-12-14-18-23/h12-14,17-18,24H,3-11,15-16,19-22H2,1-2H3. The number of esters is 1. The van der Waals surface area contributed by atoms with Gasteiger partial charge in [0.1, 0.15) is 6.10 Å². The molecule has 0 aliphatic carbocycles. The normalized spacial score (nSPS) is 12.1. The lowest BCUT2D eigenvalue weighted by atomic mass is 10.0. The zero-order valence-electron chi connectivity index (χ0n) is 17.9. The summed E-state index contributed by atoms with van der Waals surface area (Å²) in [6.07, 6.45) is 17.6. The van der Waals surface area contributed by atoms with Crippen LogP contribution in [0.15, 0.2) is 30.3 Å². The van der Waals surface area contributed by atoms with E-state index in [2.05, 4.69) is 26.0 Å². The molecule has 0 radical (unpaired) electrons. The van der Waals surface area contributed by atoms with E-state index in [9.17, 15) is 4.79 Å². The van der Waals surface area contributed by atoms with Crippen molar-refractivity contribution in [1.82, 2.24) is 0 Å². The molecule has 0 heterocycles. The predicted octanol–water partition coefficient (Wildman–Crippen LogP) is 7.64. The van der Waals surface area contributed by atoms with Gasteiger partial charge in [0.15, 0.2) is 0 Å². The maximum atomic E-state index is 12.3. The van der Waals surface area contributed by atoms with Gasteiger partial charge in [-0.3, -0.25) is 4.79 Å². The van der Waals surface area contributed by atoms with E-state index in [4.69, 9.17) is 4.74 Å². The number of carbonyl (C=O) groups excluding carboxylic acids is 1. The highest BCUT2D eigenvalue weighted by molar-refractivity contribution is 5.69. The third-order valence-electron chi connectivity index (χ3n) is 5.27. The SMILES string of the molecule is CCCCCCCCCC(CCCCCC)OC(=O)CCc1ccccc1. The summed E-state index contributed by atoms with van der Waals surface area (Å²) in [6, 6.07) is 10.2. The number of rotatable bonds is 17. The first kappa shape index (κ1) is 23.7. The van der Waals surface area contributed by atoms with Crippen LogP contribution in [0, 0.1) is 0 Å². The van der Waals surface area contributed by atoms with E-state index >= 15 is 0 Å². The molecule has 1 atom stereocenters. The van der Waals surface area contributed by atoms with E-state index in [0.29, 0.717) is 6.42 Å². The average Bonchev–Trinajstić information content (AvgIpc) is 2.69. The number of unbranched alkanes of at least 4 members (excludes halogenated alkanes) is 9. The molecule has 154 valence electrons. The number of benzene rings is 1. The van der Waals surface area contributed by atoms with Crippen LogP contribution in [0.4, 0.5) is 0 Å². The molecule has 0 aromatic heterocycles. The van der Waals surface area contributed by atoms with E-state index in [1.165, 1.54) is 76.2 Å². The van der Waals surface area contributed by atoms with E-state index < -0.39 is 0 Å². The number of ether oxygens (including phenoxy) is 1. The molecule has 1 rings (SSSR count). The van der Waals surface area contributed by atoms with Crippen molar-refractivity contribution in [2.75, 3.05) is 0 Å². The Morgan fingerprint density at radius 1 is 0.778 bits per heavy atom. The summed E-state index contributed by atoms with van der Waals surface area (Å²) < 4.78 is 5.86. The summed E-state index contributed by atoms with van der Waals surface area (Å²) in [5.41, 5.74) is 1.21. The molecule has 0 saturated heterocycles. The maximum absolute atomic E-state index is 12.3. The number of hydrogen-bond acceptors (Lipinski definition) is 2. The van der Waals surface area contributed by atoms with Gasteiger partial charge in [0.25, 0.3) is 0 Å². The zero-order valence-corrected chi connectivity index (χ0v) is 17.9. The van der Waals surface area contributed by atoms with Crippen molar-refractivity contribution in [3.63, 3.8) is 0 Å². The number of aryl methyl sites for hydroxylation is 1. The Hall–Kier alpha value is -1.31. The molecule has 2 nitrogen and oxygen atoms in total. The Labute approximate surface area is 168 Å². The molecule has 2 heteroatoms. The van der Waals surface area contributed by atoms with Gasteiger partial charge in [-0.15, -0.1) is 0 Å². The van der Waals surface area contributed by atoms with Gasteiger partial charge < -0.3 is 4.74 Å². The molecule has 0 fully saturated rings. The predicted molar refractivity (Wildman–Crippen MR) is 116 cm³/mol. The molecule has 0 bridgehead atoms. The fraction of sp³-hybridized carbons (Fsp3) is 0.720. The smallest absolute Gasteiger partial charge is 0.306 e. The van der Waals surface area contributed by atoms with E-state index in [-0.39, 0.29) is 12.1 Å². The number of hydrogen-bond donors (Lipinski definition) is 0. The van der Waals surface area contributed by atoms with E-state index in [1.54, 1.807) is 0 Å². The Balaban J connectivity index is 2.27. The third-order valence-corrected chi connectivity index (χ3v) is 5.27. The summed E-state index contributed by atoms with van der Waals surface area (Å²) in [4.78, 5) is 12.3. The minimum atomic E-state index is -0.0257. The lowest BCUT2D eigenvalue weighted by molar-refractivity contribution is -0.149. The molecule has 1 unspecified atom stereocenters. The zero-order chi connectivity index (χ0) is 19.6. The van der Waals surface area contributed by atoms with Crippen LogP contribution in [0.25, 0.3) is 0 Å². The summed E-state index contributed by atoms with van der Waals surface area (Å²) in [5, 5.41) is 0. The Morgan fingerprint density at radius 3 is 1.89 bits per heavy atom. The van der Waals surface area contributed by atoms with Gasteiger partial charge in [0.2, 0.25) is 0 Å². The van der Waals surface area contributed by atoms with Crippen molar-refractivity contribution >= 4 is 5.97 Å². The van der Waals surface area contributed by atoms with Crippen LogP contribution in [-0.4, -0.2) is 12.1 Å². The van der Waals surface area contributed by atoms with Gasteiger partial charge in [-0.2, -0.15) is 0 Å². The second-order valence-corrected chi connectivity index (χ2v) is 7.86. The Morgan fingerprint density at radius 2 is 1.30 bits per heavy atom. The molecule has 27 heavy (non-hydrogen) atoms. The van der Waals surface area contributed by atoms with Crippen molar-refractivity contribution in [3.8, 4) is 0 Å². The van der Waals surface area contributed by atoms with Gasteiger partial charge in [0, 0.05) is 6.42 Å². The van der Waals surface area contributed by atoms with E-state index in [1.807, 2.05) is 18.2 Å². The summed E-state index contributed by atoms with van der Waals surface area (Å²) in [6.45, 7) is 4.49. The first-order chi connectivity index (χ1) is 13.3.